The van der Waals surface area contributed by atoms with Gasteiger partial charge >= 0.3 is 0 Å². The first-order valence-electron chi connectivity index (χ1n) is 6.54. The molecule has 0 aromatic heterocycles. The van der Waals surface area contributed by atoms with Gasteiger partial charge in [0, 0.05) is 17.1 Å². The first kappa shape index (κ1) is 16.3. The van der Waals surface area contributed by atoms with E-state index in [0.29, 0.717) is 17.2 Å². The quantitative estimate of drug-likeness (QED) is 0.781. The van der Waals surface area contributed by atoms with Gasteiger partial charge in [0.25, 0.3) is 0 Å². The van der Waals surface area contributed by atoms with Crippen LogP contribution in [0.1, 0.15) is 33.6 Å². The number of alkyl halides is 1. The van der Waals surface area contributed by atoms with Crippen molar-refractivity contribution in [3.63, 3.8) is 0 Å². The highest BCUT2D eigenvalue weighted by Gasteiger charge is 2.20. The number of rotatable bonds is 7. The Bertz CT molecular complexity index is 493. The third-order valence-electron chi connectivity index (χ3n) is 3.21. The predicted molar refractivity (Wildman–Crippen MR) is 81.8 cm³/mol. The van der Waals surface area contributed by atoms with E-state index < -0.39 is 9.84 Å². The van der Waals surface area contributed by atoms with Crippen LogP contribution in [-0.4, -0.2) is 25.6 Å². The fourth-order valence-electron chi connectivity index (χ4n) is 1.70. The molecule has 1 rings (SSSR count). The maximum absolute atomic E-state index is 11.9. The van der Waals surface area contributed by atoms with Crippen molar-refractivity contribution < 1.29 is 8.42 Å². The van der Waals surface area contributed by atoms with E-state index in [2.05, 4.69) is 12.2 Å². The van der Waals surface area contributed by atoms with Crippen LogP contribution in [-0.2, 0) is 9.84 Å². The normalized spacial score (nSPS) is 14.9. The van der Waals surface area contributed by atoms with Gasteiger partial charge in [-0.05, 0) is 44.0 Å². The molecular weight excluding hydrogens is 282 g/mol. The number of hydrogen-bond acceptors (Lipinski definition) is 3. The Balaban J connectivity index is 2.89. The lowest BCUT2D eigenvalue weighted by Crippen LogP contribution is -2.35. The molecule has 19 heavy (non-hydrogen) atoms. The second-order valence-corrected chi connectivity index (χ2v) is 7.39. The van der Waals surface area contributed by atoms with E-state index in [-0.39, 0.29) is 11.3 Å². The van der Waals surface area contributed by atoms with Crippen molar-refractivity contribution in [2.24, 2.45) is 0 Å². The molecule has 0 radical (unpaired) electrons. The second-order valence-electron chi connectivity index (χ2n) is 5.02. The van der Waals surface area contributed by atoms with Crippen molar-refractivity contribution in [1.29, 1.82) is 0 Å². The van der Waals surface area contributed by atoms with Gasteiger partial charge in [0.05, 0.1) is 10.6 Å². The molecule has 1 aromatic rings. The molecule has 1 aromatic carbocycles. The van der Waals surface area contributed by atoms with Crippen molar-refractivity contribution in [1.82, 2.24) is 0 Å². The van der Waals surface area contributed by atoms with Crippen molar-refractivity contribution in [3.05, 3.63) is 24.3 Å². The van der Waals surface area contributed by atoms with Gasteiger partial charge in [-0.25, -0.2) is 8.42 Å². The molecular formula is C14H22ClNO2S. The van der Waals surface area contributed by atoms with Crippen LogP contribution in [0.15, 0.2) is 29.2 Å². The number of halogens is 1. The lowest BCUT2D eigenvalue weighted by molar-refractivity contribution is 0.554. The van der Waals surface area contributed by atoms with Crippen molar-refractivity contribution in [2.45, 2.75) is 44.0 Å². The van der Waals surface area contributed by atoms with Crippen molar-refractivity contribution in [3.8, 4) is 0 Å². The fraction of sp³-hybridized carbons (Fsp3) is 0.571. The topological polar surface area (TPSA) is 46.2 Å². The molecule has 1 atom stereocenters. The minimum absolute atomic E-state index is 0.175. The average molecular weight is 304 g/mol. The smallest absolute Gasteiger partial charge is 0.178 e. The van der Waals surface area contributed by atoms with E-state index in [0.717, 1.165) is 12.1 Å². The molecule has 0 fully saturated rings. The molecule has 0 aliphatic heterocycles. The van der Waals surface area contributed by atoms with Crippen LogP contribution in [0.3, 0.4) is 0 Å². The molecule has 1 N–H and O–H groups in total. The summed E-state index contributed by atoms with van der Waals surface area (Å²) >= 11 is 5.95. The van der Waals surface area contributed by atoms with Crippen LogP contribution in [0.2, 0.25) is 0 Å². The minimum Gasteiger partial charge on any atom is -0.379 e. The van der Waals surface area contributed by atoms with Crippen LogP contribution in [0, 0.1) is 0 Å². The number of hydrogen-bond donors (Lipinski definition) is 1. The largest absolute Gasteiger partial charge is 0.379 e. The monoisotopic (exact) mass is 303 g/mol. The zero-order valence-corrected chi connectivity index (χ0v) is 13.3. The lowest BCUT2D eigenvalue weighted by Gasteiger charge is -2.28. The van der Waals surface area contributed by atoms with Crippen LogP contribution >= 0.6 is 11.6 Å². The standard InChI is InChI=1S/C14H22ClNO2S/c1-4-10-19(17,18)13-8-6-12(7-9-13)16-14(3,5-2)11-15/h6-9,16H,4-5,10-11H2,1-3H3. The summed E-state index contributed by atoms with van der Waals surface area (Å²) in [7, 11) is -3.14. The molecule has 0 spiro atoms. The lowest BCUT2D eigenvalue weighted by atomic mass is 10.0. The molecule has 0 saturated carbocycles. The maximum atomic E-state index is 11.9. The first-order chi connectivity index (χ1) is 8.87. The second kappa shape index (κ2) is 6.62. The van der Waals surface area contributed by atoms with Crippen molar-refractivity contribution in [2.75, 3.05) is 16.9 Å². The highest BCUT2D eigenvalue weighted by Crippen LogP contribution is 2.22. The summed E-state index contributed by atoms with van der Waals surface area (Å²) in [5.74, 6) is 0.688. The molecule has 108 valence electrons. The van der Waals surface area contributed by atoms with Gasteiger partial charge < -0.3 is 5.32 Å². The van der Waals surface area contributed by atoms with Crippen LogP contribution in [0.25, 0.3) is 0 Å². The summed E-state index contributed by atoms with van der Waals surface area (Å²) in [5, 5.41) is 3.34. The van der Waals surface area contributed by atoms with Crippen LogP contribution < -0.4 is 5.32 Å². The Morgan fingerprint density at radius 2 is 1.79 bits per heavy atom. The Labute approximate surface area is 121 Å². The highest BCUT2D eigenvalue weighted by atomic mass is 35.5. The summed E-state index contributed by atoms with van der Waals surface area (Å²) in [6.07, 6.45) is 1.52. The van der Waals surface area contributed by atoms with Crippen LogP contribution in [0.4, 0.5) is 5.69 Å². The third kappa shape index (κ3) is 4.39. The molecule has 0 heterocycles. The Morgan fingerprint density at radius 3 is 2.21 bits per heavy atom. The third-order valence-corrected chi connectivity index (χ3v) is 5.73. The summed E-state index contributed by atoms with van der Waals surface area (Å²) in [5.41, 5.74) is 0.714. The molecule has 1 unspecified atom stereocenters. The zero-order valence-electron chi connectivity index (χ0n) is 11.7. The molecule has 0 aliphatic rings. The fourth-order valence-corrected chi connectivity index (χ4v) is 3.28. The number of sulfone groups is 1. The van der Waals surface area contributed by atoms with Crippen molar-refractivity contribution >= 4 is 27.1 Å². The van der Waals surface area contributed by atoms with Gasteiger partial charge in [0.15, 0.2) is 9.84 Å². The summed E-state index contributed by atoms with van der Waals surface area (Å²) in [6.45, 7) is 5.97. The summed E-state index contributed by atoms with van der Waals surface area (Å²) in [6, 6.07) is 6.89. The Morgan fingerprint density at radius 1 is 1.21 bits per heavy atom. The predicted octanol–water partition coefficient (Wildman–Crippen LogP) is 3.69. The number of anilines is 1. The van der Waals surface area contributed by atoms with E-state index in [1.807, 2.05) is 13.8 Å². The van der Waals surface area contributed by atoms with Gasteiger partial charge in [0.1, 0.15) is 0 Å². The van der Waals surface area contributed by atoms with Gasteiger partial charge in [-0.2, -0.15) is 0 Å². The zero-order chi connectivity index (χ0) is 14.5. The van der Waals surface area contributed by atoms with Crippen LogP contribution in [0.5, 0.6) is 0 Å². The Kier molecular flexibility index (Phi) is 5.68. The van der Waals surface area contributed by atoms with E-state index >= 15 is 0 Å². The maximum Gasteiger partial charge on any atom is 0.178 e. The summed E-state index contributed by atoms with van der Waals surface area (Å²) < 4.78 is 23.8. The van der Waals surface area contributed by atoms with Gasteiger partial charge in [-0.1, -0.05) is 13.8 Å². The van der Waals surface area contributed by atoms with E-state index in [1.54, 1.807) is 24.3 Å². The summed E-state index contributed by atoms with van der Waals surface area (Å²) in [4.78, 5) is 0.379. The first-order valence-corrected chi connectivity index (χ1v) is 8.72. The van der Waals surface area contributed by atoms with Gasteiger partial charge in [-0.3, -0.25) is 0 Å². The molecule has 5 heteroatoms. The van der Waals surface area contributed by atoms with E-state index in [9.17, 15) is 8.42 Å². The van der Waals surface area contributed by atoms with Gasteiger partial charge in [0.2, 0.25) is 0 Å². The highest BCUT2D eigenvalue weighted by molar-refractivity contribution is 7.91. The average Bonchev–Trinajstić information content (AvgIpc) is 2.39. The SMILES string of the molecule is CCCS(=O)(=O)c1ccc(NC(C)(CC)CCl)cc1. The number of benzene rings is 1. The molecule has 0 amide bonds. The van der Waals surface area contributed by atoms with E-state index in [1.165, 1.54) is 0 Å². The molecule has 0 aliphatic carbocycles. The molecule has 0 bridgehead atoms. The van der Waals surface area contributed by atoms with E-state index in [4.69, 9.17) is 11.6 Å². The van der Waals surface area contributed by atoms with Gasteiger partial charge in [-0.15, -0.1) is 11.6 Å². The molecule has 0 saturated heterocycles. The minimum atomic E-state index is -3.14. The molecule has 3 nitrogen and oxygen atoms in total. The number of nitrogens with one attached hydrogen (secondary N) is 1. The Hall–Kier alpha value is -0.740.